The maximum atomic E-state index is 12.9. The molecule has 0 saturated heterocycles. The second kappa shape index (κ2) is 58.7. The molecule has 0 fully saturated rings. The van der Waals surface area contributed by atoms with Gasteiger partial charge in [0.2, 0.25) is 0 Å². The smallest absolute Gasteiger partial charge is 0.306 e. The predicted octanol–water partition coefficient (Wildman–Crippen LogP) is 20.9. The third kappa shape index (κ3) is 56.9. The molecule has 408 valence electrons. The van der Waals surface area contributed by atoms with E-state index >= 15 is 0 Å². The topological polar surface area (TPSA) is 78.9 Å². The van der Waals surface area contributed by atoms with Crippen molar-refractivity contribution in [2.24, 2.45) is 0 Å². The molecule has 0 bridgehead atoms. The molecule has 0 aliphatic heterocycles. The molecule has 0 unspecified atom stereocenters. The molecule has 6 heteroatoms. The summed E-state index contributed by atoms with van der Waals surface area (Å²) >= 11 is 0. The van der Waals surface area contributed by atoms with Crippen LogP contribution in [0.4, 0.5) is 0 Å². The summed E-state index contributed by atoms with van der Waals surface area (Å²) < 4.78 is 16.9. The van der Waals surface area contributed by atoms with Crippen molar-refractivity contribution >= 4 is 17.9 Å². The molecule has 0 heterocycles. The van der Waals surface area contributed by atoms with Crippen molar-refractivity contribution in [2.45, 2.75) is 361 Å². The summed E-state index contributed by atoms with van der Waals surface area (Å²) in [6.07, 6.45) is 67.8. The van der Waals surface area contributed by atoms with E-state index in [1.165, 1.54) is 250 Å². The van der Waals surface area contributed by atoms with Crippen LogP contribution in [0.3, 0.4) is 0 Å². The highest BCUT2D eigenvalue weighted by molar-refractivity contribution is 5.71. The first-order valence-electron chi connectivity index (χ1n) is 31.2. The fourth-order valence-corrected chi connectivity index (χ4v) is 9.56. The summed E-state index contributed by atoms with van der Waals surface area (Å²) in [5, 5.41) is 0. The Labute approximate surface area is 431 Å². The quantitative estimate of drug-likeness (QED) is 0.0261. The Morgan fingerprint density at radius 3 is 0.739 bits per heavy atom. The summed E-state index contributed by atoms with van der Waals surface area (Å²) in [4.78, 5) is 38.2. The molecule has 69 heavy (non-hydrogen) atoms. The molecule has 6 nitrogen and oxygen atoms in total. The zero-order valence-corrected chi connectivity index (χ0v) is 46.9. The first-order chi connectivity index (χ1) is 34.0. The average molecular weight is 974 g/mol. The molecule has 0 aliphatic rings. The Bertz CT molecular complexity index is 1070. The van der Waals surface area contributed by atoms with Gasteiger partial charge in [0.05, 0.1) is 0 Å². The lowest BCUT2D eigenvalue weighted by atomic mass is 10.0. The van der Waals surface area contributed by atoms with Crippen LogP contribution in [0.1, 0.15) is 355 Å². The van der Waals surface area contributed by atoms with Crippen molar-refractivity contribution in [1.82, 2.24) is 0 Å². The average Bonchev–Trinajstić information content (AvgIpc) is 3.35. The third-order valence-electron chi connectivity index (χ3n) is 14.3. The van der Waals surface area contributed by atoms with Crippen molar-refractivity contribution in [3.05, 3.63) is 12.2 Å². The van der Waals surface area contributed by atoms with Gasteiger partial charge in [-0.15, -0.1) is 0 Å². The van der Waals surface area contributed by atoms with E-state index in [0.29, 0.717) is 19.3 Å². The van der Waals surface area contributed by atoms with E-state index in [1.807, 2.05) is 0 Å². The van der Waals surface area contributed by atoms with E-state index in [0.717, 1.165) is 64.2 Å². The molecule has 0 N–H and O–H groups in total. The molecule has 0 amide bonds. The van der Waals surface area contributed by atoms with Gasteiger partial charge < -0.3 is 14.2 Å². The van der Waals surface area contributed by atoms with E-state index in [-0.39, 0.29) is 31.1 Å². The molecule has 0 rings (SSSR count). The van der Waals surface area contributed by atoms with Gasteiger partial charge >= 0.3 is 17.9 Å². The van der Waals surface area contributed by atoms with Crippen molar-refractivity contribution in [2.75, 3.05) is 13.2 Å². The SMILES string of the molecule is CCCCCC/C=C/CCCCCCCC(=O)OC[C@H](COC(=O)CCCCCCCCCCCCCCCCCCCCC)OC(=O)CCCCCCCCCCCCCCCCCCCCC. The van der Waals surface area contributed by atoms with Crippen LogP contribution in [-0.4, -0.2) is 37.2 Å². The molecule has 0 aromatic heterocycles. The van der Waals surface area contributed by atoms with E-state index < -0.39 is 6.10 Å². The summed E-state index contributed by atoms with van der Waals surface area (Å²) in [5.74, 6) is -0.846. The van der Waals surface area contributed by atoms with Crippen LogP contribution in [0.15, 0.2) is 12.2 Å². The third-order valence-corrected chi connectivity index (χ3v) is 14.3. The van der Waals surface area contributed by atoms with Gasteiger partial charge in [-0.1, -0.05) is 303 Å². The Morgan fingerprint density at radius 1 is 0.275 bits per heavy atom. The highest BCUT2D eigenvalue weighted by Crippen LogP contribution is 2.18. The van der Waals surface area contributed by atoms with E-state index in [4.69, 9.17) is 14.2 Å². The Kier molecular flexibility index (Phi) is 57.1. The molecule has 0 saturated carbocycles. The van der Waals surface area contributed by atoms with Crippen LogP contribution in [-0.2, 0) is 28.6 Å². The Morgan fingerprint density at radius 2 is 0.478 bits per heavy atom. The number of ether oxygens (including phenoxy) is 3. The lowest BCUT2D eigenvalue weighted by molar-refractivity contribution is -0.167. The van der Waals surface area contributed by atoms with Gasteiger partial charge in [0.15, 0.2) is 6.10 Å². The molecule has 0 aromatic carbocycles. The Balaban J connectivity index is 4.27. The highest BCUT2D eigenvalue weighted by Gasteiger charge is 2.19. The normalized spacial score (nSPS) is 12.0. The number of esters is 3. The van der Waals surface area contributed by atoms with Gasteiger partial charge in [-0.25, -0.2) is 0 Å². The number of hydrogen-bond acceptors (Lipinski definition) is 6. The number of carbonyl (C=O) groups is 3. The summed E-state index contributed by atoms with van der Waals surface area (Å²) in [5.41, 5.74) is 0. The van der Waals surface area contributed by atoms with Gasteiger partial charge in [0, 0.05) is 19.3 Å². The van der Waals surface area contributed by atoms with Crippen LogP contribution in [0.5, 0.6) is 0 Å². The predicted molar refractivity (Wildman–Crippen MR) is 298 cm³/mol. The molecule has 0 radical (unpaired) electrons. The monoisotopic (exact) mass is 973 g/mol. The minimum absolute atomic E-state index is 0.0661. The van der Waals surface area contributed by atoms with Crippen LogP contribution in [0.25, 0.3) is 0 Å². The maximum absolute atomic E-state index is 12.9. The number of carbonyl (C=O) groups excluding carboxylic acids is 3. The summed E-state index contributed by atoms with van der Waals surface area (Å²) in [6, 6.07) is 0. The fourth-order valence-electron chi connectivity index (χ4n) is 9.56. The van der Waals surface area contributed by atoms with Crippen molar-refractivity contribution in [3.8, 4) is 0 Å². The molecule has 1 atom stereocenters. The van der Waals surface area contributed by atoms with Crippen LogP contribution in [0.2, 0.25) is 0 Å². The number of allylic oxidation sites excluding steroid dienone is 2. The molecular weight excluding hydrogens is 853 g/mol. The minimum Gasteiger partial charge on any atom is -0.462 e. The van der Waals surface area contributed by atoms with Gasteiger partial charge in [-0.2, -0.15) is 0 Å². The zero-order chi connectivity index (χ0) is 50.0. The van der Waals surface area contributed by atoms with Gasteiger partial charge in [0.1, 0.15) is 13.2 Å². The molecule has 0 aromatic rings. The first kappa shape index (κ1) is 67.1. The van der Waals surface area contributed by atoms with E-state index in [2.05, 4.69) is 32.9 Å². The molecule has 0 spiro atoms. The second-order valence-electron chi connectivity index (χ2n) is 21.3. The first-order valence-corrected chi connectivity index (χ1v) is 31.2. The number of rotatable bonds is 58. The number of hydrogen-bond donors (Lipinski definition) is 0. The van der Waals surface area contributed by atoms with Crippen LogP contribution < -0.4 is 0 Å². The minimum atomic E-state index is -0.768. The van der Waals surface area contributed by atoms with Gasteiger partial charge in [-0.05, 0) is 44.9 Å². The lowest BCUT2D eigenvalue weighted by Crippen LogP contribution is -2.30. The standard InChI is InChI=1S/C63H120O6/c1-4-7-10-13-16-19-22-25-27-29-31-33-35-38-41-44-47-50-53-56-62(65)68-59-60(58-67-61(64)55-52-49-46-43-40-37-24-21-18-15-12-9-6-3)69-63(66)57-54-51-48-45-42-39-36-34-32-30-28-26-23-20-17-14-11-8-5-2/h21,24,60H,4-20,22-23,25-59H2,1-3H3/b24-21+/t60-/m1/s1. The molecular formula is C63H120O6. The van der Waals surface area contributed by atoms with Crippen LogP contribution >= 0.6 is 0 Å². The fraction of sp³-hybridized carbons (Fsp3) is 0.921. The van der Waals surface area contributed by atoms with Crippen LogP contribution in [0, 0.1) is 0 Å². The molecule has 0 aliphatic carbocycles. The maximum Gasteiger partial charge on any atom is 0.306 e. The Hall–Kier alpha value is -1.85. The second-order valence-corrected chi connectivity index (χ2v) is 21.3. The highest BCUT2D eigenvalue weighted by atomic mass is 16.6. The van der Waals surface area contributed by atoms with Gasteiger partial charge in [0.25, 0.3) is 0 Å². The zero-order valence-electron chi connectivity index (χ0n) is 46.9. The van der Waals surface area contributed by atoms with Crippen molar-refractivity contribution in [1.29, 1.82) is 0 Å². The van der Waals surface area contributed by atoms with Gasteiger partial charge in [-0.3, -0.25) is 14.4 Å². The largest absolute Gasteiger partial charge is 0.462 e. The van der Waals surface area contributed by atoms with E-state index in [1.54, 1.807) is 0 Å². The number of unbranched alkanes of at least 4 members (excludes halogenated alkanes) is 45. The summed E-state index contributed by atoms with van der Waals surface area (Å²) in [6.45, 7) is 6.69. The lowest BCUT2D eigenvalue weighted by Gasteiger charge is -2.18. The van der Waals surface area contributed by atoms with Crippen molar-refractivity contribution in [3.63, 3.8) is 0 Å². The van der Waals surface area contributed by atoms with Crippen molar-refractivity contribution < 1.29 is 28.6 Å². The van der Waals surface area contributed by atoms with E-state index in [9.17, 15) is 14.4 Å². The summed E-state index contributed by atoms with van der Waals surface area (Å²) in [7, 11) is 0.